The van der Waals surface area contributed by atoms with Gasteiger partial charge in [0, 0.05) is 58.3 Å². The molecule has 1 saturated heterocycles. The molecule has 0 spiro atoms. The van der Waals surface area contributed by atoms with Crippen LogP contribution in [0, 0.1) is 0 Å². The van der Waals surface area contributed by atoms with Crippen molar-refractivity contribution in [3.8, 4) is 11.5 Å². The molecule has 7 nitrogen and oxygen atoms in total. The maximum absolute atomic E-state index is 11.9. The Bertz CT molecular complexity index is 929. The molecule has 1 amide bonds. The number of likely N-dealkylation sites (tertiary alicyclic amines) is 1. The first-order valence-electron chi connectivity index (χ1n) is 10.5. The Morgan fingerprint density at radius 1 is 1.16 bits per heavy atom. The Hall–Kier alpha value is -3.22. The molecule has 0 bridgehead atoms. The highest BCUT2D eigenvalue weighted by atomic mass is 16.5. The Balaban J connectivity index is 1.60. The number of guanidine groups is 1. The highest BCUT2D eigenvalue weighted by Crippen LogP contribution is 2.25. The van der Waals surface area contributed by atoms with E-state index in [1.54, 1.807) is 21.3 Å². The first-order chi connectivity index (χ1) is 15.0. The van der Waals surface area contributed by atoms with Crippen molar-refractivity contribution >= 4 is 11.9 Å². The molecule has 0 saturated carbocycles. The molecule has 1 heterocycles. The third-order valence-corrected chi connectivity index (χ3v) is 5.46. The van der Waals surface area contributed by atoms with E-state index in [1.165, 1.54) is 0 Å². The first kappa shape index (κ1) is 22.5. The number of nitrogens with zero attached hydrogens (tertiary/aromatic N) is 3. The fraction of sp³-hybridized carbons (Fsp3) is 0.417. The maximum Gasteiger partial charge on any atom is 0.222 e. The van der Waals surface area contributed by atoms with Gasteiger partial charge in [-0.05, 0) is 29.7 Å². The van der Waals surface area contributed by atoms with E-state index in [9.17, 15) is 4.79 Å². The van der Waals surface area contributed by atoms with Gasteiger partial charge in [0.2, 0.25) is 5.91 Å². The minimum Gasteiger partial charge on any atom is -0.497 e. The van der Waals surface area contributed by atoms with E-state index in [0.717, 1.165) is 47.1 Å². The summed E-state index contributed by atoms with van der Waals surface area (Å²) in [6, 6.07) is 14.2. The molecular weight excluding hydrogens is 392 g/mol. The van der Waals surface area contributed by atoms with Gasteiger partial charge in [0.15, 0.2) is 5.96 Å². The number of hydrogen-bond acceptors (Lipinski definition) is 4. The molecule has 0 radical (unpaired) electrons. The van der Waals surface area contributed by atoms with Gasteiger partial charge in [-0.15, -0.1) is 0 Å². The third-order valence-electron chi connectivity index (χ3n) is 5.46. The van der Waals surface area contributed by atoms with Crippen molar-refractivity contribution in [3.05, 3.63) is 59.2 Å². The van der Waals surface area contributed by atoms with Gasteiger partial charge in [-0.3, -0.25) is 9.79 Å². The number of amides is 1. The number of ether oxygens (including phenoxy) is 2. The lowest BCUT2D eigenvalue weighted by molar-refractivity contribution is -0.128. The lowest BCUT2D eigenvalue weighted by atomic mass is 10.1. The Kier molecular flexibility index (Phi) is 7.76. The number of benzene rings is 2. The Morgan fingerprint density at radius 3 is 2.65 bits per heavy atom. The molecule has 31 heavy (non-hydrogen) atoms. The zero-order valence-corrected chi connectivity index (χ0v) is 18.9. The van der Waals surface area contributed by atoms with Crippen molar-refractivity contribution in [1.82, 2.24) is 15.1 Å². The Labute approximate surface area is 184 Å². The number of hydrogen-bond donors (Lipinski definition) is 1. The number of methoxy groups -OCH3 is 2. The summed E-state index contributed by atoms with van der Waals surface area (Å²) in [6.45, 7) is 2.83. The predicted octanol–water partition coefficient (Wildman–Crippen LogP) is 3.03. The Morgan fingerprint density at radius 2 is 1.97 bits per heavy atom. The molecule has 0 aromatic heterocycles. The molecule has 1 N–H and O–H groups in total. The fourth-order valence-electron chi connectivity index (χ4n) is 3.81. The molecule has 1 aliphatic rings. The topological polar surface area (TPSA) is 66.4 Å². The molecular formula is C24H32N4O3. The summed E-state index contributed by atoms with van der Waals surface area (Å²) in [4.78, 5) is 20.3. The largest absolute Gasteiger partial charge is 0.497 e. The monoisotopic (exact) mass is 424 g/mol. The second-order valence-electron chi connectivity index (χ2n) is 7.67. The lowest BCUT2D eigenvalue weighted by Gasteiger charge is -2.23. The molecule has 1 aliphatic heterocycles. The van der Waals surface area contributed by atoms with Crippen LogP contribution >= 0.6 is 0 Å². The normalized spacial score (nSPS) is 14.0. The highest BCUT2D eigenvalue weighted by Gasteiger charge is 2.20. The lowest BCUT2D eigenvalue weighted by Crippen LogP contribution is -2.38. The van der Waals surface area contributed by atoms with Crippen LogP contribution in [0.5, 0.6) is 11.5 Å². The molecule has 2 aromatic carbocycles. The van der Waals surface area contributed by atoms with Crippen molar-refractivity contribution in [2.45, 2.75) is 32.5 Å². The number of carbonyl (C=O) groups excluding carboxylic acids is 1. The standard InChI is InChI=1S/C24H32N4O3/c1-25-24(27(2)17-20-10-11-21(30-3)14-22(20)31-4)26-15-18-7-5-8-19(13-18)16-28-12-6-9-23(28)29/h5,7-8,10-11,13-14H,6,9,12,15-17H2,1-4H3,(H,25,26). The average Bonchev–Trinajstić information content (AvgIpc) is 3.19. The number of nitrogens with one attached hydrogen (secondary N) is 1. The van der Waals surface area contributed by atoms with Crippen LogP contribution in [0.15, 0.2) is 47.5 Å². The zero-order valence-electron chi connectivity index (χ0n) is 18.9. The molecule has 3 rings (SSSR count). The number of carbonyl (C=O) groups is 1. The van der Waals surface area contributed by atoms with Crippen molar-refractivity contribution in [2.75, 3.05) is 34.9 Å². The molecule has 0 atom stereocenters. The van der Waals surface area contributed by atoms with E-state index in [0.29, 0.717) is 26.1 Å². The van der Waals surface area contributed by atoms with Crippen LogP contribution in [0.25, 0.3) is 0 Å². The highest BCUT2D eigenvalue weighted by molar-refractivity contribution is 5.79. The van der Waals surface area contributed by atoms with Gasteiger partial charge >= 0.3 is 0 Å². The maximum atomic E-state index is 11.9. The van der Waals surface area contributed by atoms with E-state index in [1.807, 2.05) is 36.2 Å². The van der Waals surface area contributed by atoms with Gasteiger partial charge in [-0.1, -0.05) is 24.3 Å². The van der Waals surface area contributed by atoms with Crippen molar-refractivity contribution in [1.29, 1.82) is 0 Å². The SMILES string of the molecule is CN=C(NCc1cccc(CN2CCCC2=O)c1)N(C)Cc1ccc(OC)cc1OC. The van der Waals surface area contributed by atoms with E-state index >= 15 is 0 Å². The molecule has 0 unspecified atom stereocenters. The van der Waals surface area contributed by atoms with Crippen molar-refractivity contribution < 1.29 is 14.3 Å². The molecule has 2 aromatic rings. The van der Waals surface area contributed by atoms with Crippen LogP contribution in [-0.4, -0.2) is 56.5 Å². The fourth-order valence-corrected chi connectivity index (χ4v) is 3.81. The summed E-state index contributed by atoms with van der Waals surface area (Å²) < 4.78 is 10.8. The number of rotatable bonds is 8. The van der Waals surface area contributed by atoms with E-state index in [2.05, 4.69) is 33.4 Å². The van der Waals surface area contributed by atoms with E-state index in [4.69, 9.17) is 9.47 Å². The van der Waals surface area contributed by atoms with E-state index < -0.39 is 0 Å². The molecule has 1 fully saturated rings. The van der Waals surface area contributed by atoms with Crippen LogP contribution in [0.4, 0.5) is 0 Å². The second kappa shape index (κ2) is 10.7. The van der Waals surface area contributed by atoms with Crippen LogP contribution in [-0.2, 0) is 24.4 Å². The molecule has 0 aliphatic carbocycles. The van der Waals surface area contributed by atoms with Crippen LogP contribution in [0.2, 0.25) is 0 Å². The predicted molar refractivity (Wildman–Crippen MR) is 122 cm³/mol. The summed E-state index contributed by atoms with van der Waals surface area (Å²) in [5, 5.41) is 3.43. The summed E-state index contributed by atoms with van der Waals surface area (Å²) in [6.07, 6.45) is 1.63. The van der Waals surface area contributed by atoms with Gasteiger partial charge in [-0.25, -0.2) is 0 Å². The molecule has 7 heteroatoms. The van der Waals surface area contributed by atoms with Crippen LogP contribution in [0.3, 0.4) is 0 Å². The summed E-state index contributed by atoms with van der Waals surface area (Å²) >= 11 is 0. The summed E-state index contributed by atoms with van der Waals surface area (Å²) in [5.74, 6) is 2.59. The quantitative estimate of drug-likeness (QED) is 0.521. The van der Waals surface area contributed by atoms with Gasteiger partial charge in [-0.2, -0.15) is 0 Å². The minimum absolute atomic E-state index is 0.250. The van der Waals surface area contributed by atoms with Gasteiger partial charge in [0.25, 0.3) is 0 Å². The minimum atomic E-state index is 0.250. The third kappa shape index (κ3) is 5.90. The van der Waals surface area contributed by atoms with Crippen molar-refractivity contribution in [3.63, 3.8) is 0 Å². The zero-order chi connectivity index (χ0) is 22.2. The summed E-state index contributed by atoms with van der Waals surface area (Å²) in [5.41, 5.74) is 3.35. The summed E-state index contributed by atoms with van der Waals surface area (Å²) in [7, 11) is 7.08. The van der Waals surface area contributed by atoms with Gasteiger partial charge in [0.05, 0.1) is 14.2 Å². The van der Waals surface area contributed by atoms with Gasteiger partial charge < -0.3 is 24.6 Å². The van der Waals surface area contributed by atoms with Gasteiger partial charge in [0.1, 0.15) is 11.5 Å². The second-order valence-corrected chi connectivity index (χ2v) is 7.67. The van der Waals surface area contributed by atoms with Crippen LogP contribution in [0.1, 0.15) is 29.5 Å². The molecule has 166 valence electrons. The smallest absolute Gasteiger partial charge is 0.222 e. The average molecular weight is 425 g/mol. The van der Waals surface area contributed by atoms with E-state index in [-0.39, 0.29) is 5.91 Å². The first-order valence-corrected chi connectivity index (χ1v) is 10.5. The van der Waals surface area contributed by atoms with Crippen LogP contribution < -0.4 is 14.8 Å². The van der Waals surface area contributed by atoms with Crippen molar-refractivity contribution in [2.24, 2.45) is 4.99 Å². The number of aliphatic imine (C=N–C) groups is 1.